The van der Waals surface area contributed by atoms with E-state index in [1.165, 1.54) is 37.3 Å². The van der Waals surface area contributed by atoms with E-state index >= 15 is 0 Å². The standard InChI is InChI=1S/C13H20N2/c1-11-4-3-9-15(10-11)13-7-5-12(14-2)6-8-13/h5-8,11,14H,3-4,9-10H2,1-2H3. The molecule has 1 heterocycles. The Morgan fingerprint density at radius 3 is 2.60 bits per heavy atom. The molecule has 1 N–H and O–H groups in total. The van der Waals surface area contributed by atoms with Gasteiger partial charge in [0.25, 0.3) is 0 Å². The summed E-state index contributed by atoms with van der Waals surface area (Å²) in [6, 6.07) is 8.72. The molecule has 0 saturated carbocycles. The first-order valence-corrected chi connectivity index (χ1v) is 5.82. The summed E-state index contributed by atoms with van der Waals surface area (Å²) in [6.45, 7) is 4.76. The molecule has 82 valence electrons. The number of benzene rings is 1. The lowest BCUT2D eigenvalue weighted by molar-refractivity contribution is 0.447. The maximum atomic E-state index is 3.15. The molecule has 0 aliphatic carbocycles. The molecular formula is C13H20N2. The Kier molecular flexibility index (Phi) is 3.14. The average Bonchev–Trinajstić information content (AvgIpc) is 2.29. The highest BCUT2D eigenvalue weighted by Crippen LogP contribution is 2.23. The van der Waals surface area contributed by atoms with Crippen LogP contribution < -0.4 is 10.2 Å². The molecule has 2 nitrogen and oxygen atoms in total. The Bertz CT molecular complexity index is 305. The first-order chi connectivity index (χ1) is 7.29. The Morgan fingerprint density at radius 2 is 2.00 bits per heavy atom. The van der Waals surface area contributed by atoms with Crippen molar-refractivity contribution in [3.63, 3.8) is 0 Å². The van der Waals surface area contributed by atoms with Gasteiger partial charge in [-0.1, -0.05) is 6.92 Å². The maximum Gasteiger partial charge on any atom is 0.0367 e. The highest BCUT2D eigenvalue weighted by atomic mass is 15.1. The lowest BCUT2D eigenvalue weighted by Crippen LogP contribution is -2.34. The number of anilines is 2. The van der Waals surface area contributed by atoms with Gasteiger partial charge in [0.2, 0.25) is 0 Å². The first kappa shape index (κ1) is 10.3. The first-order valence-electron chi connectivity index (χ1n) is 5.82. The van der Waals surface area contributed by atoms with Crippen LogP contribution >= 0.6 is 0 Å². The summed E-state index contributed by atoms with van der Waals surface area (Å²) in [4.78, 5) is 2.49. The fraction of sp³-hybridized carbons (Fsp3) is 0.538. The van der Waals surface area contributed by atoms with Gasteiger partial charge in [-0.3, -0.25) is 0 Å². The summed E-state index contributed by atoms with van der Waals surface area (Å²) in [6.07, 6.45) is 2.71. The fourth-order valence-corrected chi connectivity index (χ4v) is 2.26. The molecule has 0 aromatic heterocycles. The molecule has 2 heteroatoms. The van der Waals surface area contributed by atoms with Crippen LogP contribution in [0.3, 0.4) is 0 Å². The van der Waals surface area contributed by atoms with E-state index in [0.717, 1.165) is 5.92 Å². The number of piperidine rings is 1. The van der Waals surface area contributed by atoms with E-state index in [9.17, 15) is 0 Å². The van der Waals surface area contributed by atoms with E-state index in [1.807, 2.05) is 7.05 Å². The molecule has 1 fully saturated rings. The Labute approximate surface area is 92.3 Å². The van der Waals surface area contributed by atoms with E-state index in [0.29, 0.717) is 0 Å². The van der Waals surface area contributed by atoms with Crippen LogP contribution in [0.4, 0.5) is 11.4 Å². The number of nitrogens with one attached hydrogen (secondary N) is 1. The quantitative estimate of drug-likeness (QED) is 0.796. The monoisotopic (exact) mass is 204 g/mol. The molecule has 1 saturated heterocycles. The molecule has 1 aromatic rings. The maximum absolute atomic E-state index is 3.15. The van der Waals surface area contributed by atoms with Crippen LogP contribution in [0.1, 0.15) is 19.8 Å². The minimum Gasteiger partial charge on any atom is -0.388 e. The third-order valence-corrected chi connectivity index (χ3v) is 3.18. The predicted octanol–water partition coefficient (Wildman–Crippen LogP) is 2.96. The largest absolute Gasteiger partial charge is 0.388 e. The summed E-state index contributed by atoms with van der Waals surface area (Å²) < 4.78 is 0. The van der Waals surface area contributed by atoms with Crippen molar-refractivity contribution in [2.45, 2.75) is 19.8 Å². The predicted molar refractivity (Wildman–Crippen MR) is 66.6 cm³/mol. The minimum absolute atomic E-state index is 0.836. The normalized spacial score (nSPS) is 21.5. The third kappa shape index (κ3) is 2.44. The smallest absolute Gasteiger partial charge is 0.0367 e. The summed E-state index contributed by atoms with van der Waals surface area (Å²) >= 11 is 0. The van der Waals surface area contributed by atoms with Crippen LogP contribution in [-0.4, -0.2) is 20.1 Å². The van der Waals surface area contributed by atoms with Gasteiger partial charge in [0.1, 0.15) is 0 Å². The molecule has 1 atom stereocenters. The Morgan fingerprint density at radius 1 is 1.27 bits per heavy atom. The third-order valence-electron chi connectivity index (χ3n) is 3.18. The topological polar surface area (TPSA) is 15.3 Å². The van der Waals surface area contributed by atoms with E-state index in [-0.39, 0.29) is 0 Å². The van der Waals surface area contributed by atoms with Gasteiger partial charge in [-0.2, -0.15) is 0 Å². The van der Waals surface area contributed by atoms with Gasteiger partial charge in [0.15, 0.2) is 0 Å². The van der Waals surface area contributed by atoms with Crippen molar-refractivity contribution in [1.29, 1.82) is 0 Å². The SMILES string of the molecule is CNc1ccc(N2CCCC(C)C2)cc1. The zero-order valence-corrected chi connectivity index (χ0v) is 9.66. The summed E-state index contributed by atoms with van der Waals surface area (Å²) in [5, 5.41) is 3.15. The zero-order valence-electron chi connectivity index (χ0n) is 9.66. The van der Waals surface area contributed by atoms with E-state index in [4.69, 9.17) is 0 Å². The van der Waals surface area contributed by atoms with Gasteiger partial charge in [0, 0.05) is 31.5 Å². The van der Waals surface area contributed by atoms with Crippen LogP contribution in [0.25, 0.3) is 0 Å². The summed E-state index contributed by atoms with van der Waals surface area (Å²) in [5.74, 6) is 0.836. The van der Waals surface area contributed by atoms with Crippen molar-refractivity contribution in [3.8, 4) is 0 Å². The van der Waals surface area contributed by atoms with E-state index in [2.05, 4.69) is 41.4 Å². The second kappa shape index (κ2) is 4.56. The van der Waals surface area contributed by atoms with Gasteiger partial charge < -0.3 is 10.2 Å². The molecule has 1 aromatic carbocycles. The number of hydrogen-bond donors (Lipinski definition) is 1. The minimum atomic E-state index is 0.836. The molecule has 0 amide bonds. The van der Waals surface area contributed by atoms with Crippen LogP contribution in [0.15, 0.2) is 24.3 Å². The van der Waals surface area contributed by atoms with Crippen molar-refractivity contribution >= 4 is 11.4 Å². The van der Waals surface area contributed by atoms with E-state index in [1.54, 1.807) is 0 Å². The number of hydrogen-bond acceptors (Lipinski definition) is 2. The van der Waals surface area contributed by atoms with Crippen LogP contribution in [0, 0.1) is 5.92 Å². The highest BCUT2D eigenvalue weighted by molar-refractivity contribution is 5.55. The van der Waals surface area contributed by atoms with Crippen molar-refractivity contribution in [2.24, 2.45) is 5.92 Å². The summed E-state index contributed by atoms with van der Waals surface area (Å²) in [5.41, 5.74) is 2.55. The van der Waals surface area contributed by atoms with Crippen molar-refractivity contribution in [1.82, 2.24) is 0 Å². The van der Waals surface area contributed by atoms with Gasteiger partial charge in [-0.05, 0) is 43.0 Å². The van der Waals surface area contributed by atoms with Crippen molar-refractivity contribution < 1.29 is 0 Å². The second-order valence-electron chi connectivity index (χ2n) is 4.49. The van der Waals surface area contributed by atoms with Crippen LogP contribution in [0.2, 0.25) is 0 Å². The lowest BCUT2D eigenvalue weighted by Gasteiger charge is -2.32. The van der Waals surface area contributed by atoms with Crippen LogP contribution in [0.5, 0.6) is 0 Å². The number of nitrogens with zero attached hydrogens (tertiary/aromatic N) is 1. The summed E-state index contributed by atoms with van der Waals surface area (Å²) in [7, 11) is 1.96. The van der Waals surface area contributed by atoms with Crippen molar-refractivity contribution in [3.05, 3.63) is 24.3 Å². The van der Waals surface area contributed by atoms with Gasteiger partial charge in [-0.25, -0.2) is 0 Å². The molecule has 2 rings (SSSR count). The van der Waals surface area contributed by atoms with Gasteiger partial charge >= 0.3 is 0 Å². The lowest BCUT2D eigenvalue weighted by atomic mass is 10.00. The molecule has 1 aliphatic heterocycles. The number of rotatable bonds is 2. The molecule has 0 spiro atoms. The Balaban J connectivity index is 2.07. The van der Waals surface area contributed by atoms with Crippen molar-refractivity contribution in [2.75, 3.05) is 30.4 Å². The van der Waals surface area contributed by atoms with Gasteiger partial charge in [-0.15, -0.1) is 0 Å². The second-order valence-corrected chi connectivity index (χ2v) is 4.49. The van der Waals surface area contributed by atoms with Gasteiger partial charge in [0.05, 0.1) is 0 Å². The highest BCUT2D eigenvalue weighted by Gasteiger charge is 2.16. The molecular weight excluding hydrogens is 184 g/mol. The molecule has 1 aliphatic rings. The average molecular weight is 204 g/mol. The fourth-order valence-electron chi connectivity index (χ4n) is 2.26. The molecule has 15 heavy (non-hydrogen) atoms. The van der Waals surface area contributed by atoms with Crippen LogP contribution in [-0.2, 0) is 0 Å². The zero-order chi connectivity index (χ0) is 10.7. The molecule has 0 radical (unpaired) electrons. The molecule has 0 bridgehead atoms. The van der Waals surface area contributed by atoms with E-state index < -0.39 is 0 Å². The molecule has 1 unspecified atom stereocenters. The Hall–Kier alpha value is -1.18.